The van der Waals surface area contributed by atoms with Gasteiger partial charge in [0.25, 0.3) is 5.17 Å². The number of ether oxygens (including phenoxy) is 1. The van der Waals surface area contributed by atoms with Crippen molar-refractivity contribution in [3.05, 3.63) is 0 Å². The van der Waals surface area contributed by atoms with E-state index >= 15 is 0 Å². The summed E-state index contributed by atoms with van der Waals surface area (Å²) in [6.07, 6.45) is 0. The fourth-order valence-corrected chi connectivity index (χ4v) is 0.239. The molecular formula is C3H8N2OS. The van der Waals surface area contributed by atoms with Crippen LogP contribution in [0.5, 0.6) is 0 Å². The molecule has 0 unspecified atom stereocenters. The minimum Gasteiger partial charge on any atom is -0.474 e. The number of hydrogen-bond donors (Lipinski definition) is 2. The molecular weight excluding hydrogens is 112 g/mol. The van der Waals surface area contributed by atoms with E-state index in [9.17, 15) is 0 Å². The van der Waals surface area contributed by atoms with Gasteiger partial charge in [0, 0.05) is 0 Å². The highest BCUT2D eigenvalue weighted by Crippen LogP contribution is 1.66. The van der Waals surface area contributed by atoms with E-state index in [0.717, 1.165) is 0 Å². The smallest absolute Gasteiger partial charge is 0.257 e. The Labute approximate surface area is 47.8 Å². The first-order valence-corrected chi connectivity index (χ1v) is 2.24. The first-order valence-electron chi connectivity index (χ1n) is 1.83. The van der Waals surface area contributed by atoms with Crippen LogP contribution in [-0.2, 0) is 4.74 Å². The number of nitrogens with two attached hydrogens (primary N) is 1. The van der Waals surface area contributed by atoms with Gasteiger partial charge in [-0.05, 0) is 12.2 Å². The molecule has 0 aromatic rings. The van der Waals surface area contributed by atoms with Crippen LogP contribution in [0.4, 0.5) is 0 Å². The van der Waals surface area contributed by atoms with Gasteiger partial charge in [0.2, 0.25) is 0 Å². The molecule has 0 aliphatic carbocycles. The van der Waals surface area contributed by atoms with Crippen LogP contribution in [0.25, 0.3) is 0 Å². The quantitative estimate of drug-likeness (QED) is 0.359. The predicted octanol–water partition coefficient (Wildman–Crippen LogP) is -0.577. The first-order chi connectivity index (χ1) is 3.31. The molecule has 4 heteroatoms. The molecule has 0 radical (unpaired) electrons. The Hall–Kier alpha value is -0.350. The van der Waals surface area contributed by atoms with Crippen molar-refractivity contribution in [2.24, 2.45) is 5.73 Å². The second-order valence-electron chi connectivity index (χ2n) is 0.872. The van der Waals surface area contributed by atoms with Crippen LogP contribution in [0, 0.1) is 0 Å². The molecule has 0 aliphatic heterocycles. The Morgan fingerprint density at radius 3 is 2.71 bits per heavy atom. The van der Waals surface area contributed by atoms with Gasteiger partial charge in [-0.1, -0.05) is 0 Å². The summed E-state index contributed by atoms with van der Waals surface area (Å²) >= 11 is 4.54. The van der Waals surface area contributed by atoms with Crippen molar-refractivity contribution in [3.63, 3.8) is 0 Å². The topological polar surface area (TPSA) is 47.3 Å². The fourth-order valence-electron chi connectivity index (χ4n) is 0.156. The van der Waals surface area contributed by atoms with E-state index in [1.54, 1.807) is 0 Å². The lowest BCUT2D eigenvalue weighted by molar-refractivity contribution is 0.394. The van der Waals surface area contributed by atoms with Crippen molar-refractivity contribution in [2.45, 2.75) is 0 Å². The largest absolute Gasteiger partial charge is 0.474 e. The van der Waals surface area contributed by atoms with Crippen molar-refractivity contribution in [1.82, 2.24) is 5.32 Å². The third-order valence-electron chi connectivity index (χ3n) is 0.432. The lowest BCUT2D eigenvalue weighted by atomic mass is 11.0. The summed E-state index contributed by atoms with van der Waals surface area (Å²) in [5.74, 6) is 0. The standard InChI is InChI=1S/C3H8N2OS/c1-6-3(7)5-2-4/h2,4H2,1H3,(H,5,7). The zero-order valence-electron chi connectivity index (χ0n) is 4.10. The Morgan fingerprint density at radius 1 is 2.00 bits per heavy atom. The van der Waals surface area contributed by atoms with E-state index in [-0.39, 0.29) is 0 Å². The van der Waals surface area contributed by atoms with Crippen LogP contribution < -0.4 is 11.1 Å². The number of nitrogens with one attached hydrogen (secondary N) is 1. The molecule has 0 saturated heterocycles. The zero-order valence-corrected chi connectivity index (χ0v) is 4.92. The van der Waals surface area contributed by atoms with Crippen LogP contribution in [0.15, 0.2) is 0 Å². The molecule has 0 aromatic carbocycles. The van der Waals surface area contributed by atoms with Crippen LogP contribution in [0.2, 0.25) is 0 Å². The van der Waals surface area contributed by atoms with Gasteiger partial charge >= 0.3 is 0 Å². The van der Waals surface area contributed by atoms with Gasteiger partial charge in [0.05, 0.1) is 13.8 Å². The monoisotopic (exact) mass is 120 g/mol. The van der Waals surface area contributed by atoms with Gasteiger partial charge in [0.1, 0.15) is 0 Å². The van der Waals surface area contributed by atoms with E-state index in [4.69, 9.17) is 5.73 Å². The second kappa shape index (κ2) is 3.83. The zero-order chi connectivity index (χ0) is 5.70. The molecule has 3 N–H and O–H groups in total. The Bertz CT molecular complexity index is 66.0. The third-order valence-corrected chi connectivity index (χ3v) is 0.743. The molecule has 42 valence electrons. The maximum Gasteiger partial charge on any atom is 0.257 e. The van der Waals surface area contributed by atoms with Gasteiger partial charge < -0.3 is 15.8 Å². The van der Waals surface area contributed by atoms with Gasteiger partial charge in [-0.3, -0.25) is 0 Å². The van der Waals surface area contributed by atoms with Crippen molar-refractivity contribution < 1.29 is 4.74 Å². The van der Waals surface area contributed by atoms with Gasteiger partial charge in [0.15, 0.2) is 0 Å². The number of rotatable bonds is 1. The average molecular weight is 120 g/mol. The molecule has 7 heavy (non-hydrogen) atoms. The molecule has 0 fully saturated rings. The van der Waals surface area contributed by atoms with Crippen molar-refractivity contribution >= 4 is 17.4 Å². The molecule has 0 saturated carbocycles. The van der Waals surface area contributed by atoms with E-state index in [0.29, 0.717) is 11.8 Å². The first kappa shape index (κ1) is 6.65. The van der Waals surface area contributed by atoms with E-state index in [1.807, 2.05) is 0 Å². The Balaban J connectivity index is 3.00. The van der Waals surface area contributed by atoms with Crippen molar-refractivity contribution in [1.29, 1.82) is 0 Å². The third kappa shape index (κ3) is 3.48. The minimum atomic E-state index is 0.326. The average Bonchev–Trinajstić information content (AvgIpc) is 1.68. The molecule has 0 aromatic heterocycles. The van der Waals surface area contributed by atoms with Crippen molar-refractivity contribution in [3.8, 4) is 0 Å². The molecule has 0 amide bonds. The summed E-state index contributed by atoms with van der Waals surface area (Å²) < 4.78 is 4.53. The maximum atomic E-state index is 5.03. The summed E-state index contributed by atoms with van der Waals surface area (Å²) in [5.41, 5.74) is 5.03. The molecule has 0 rings (SSSR count). The molecule has 0 bridgehead atoms. The van der Waals surface area contributed by atoms with Crippen LogP contribution in [0.3, 0.4) is 0 Å². The minimum absolute atomic E-state index is 0.326. The number of hydrogen-bond acceptors (Lipinski definition) is 3. The molecule has 0 aliphatic rings. The van der Waals surface area contributed by atoms with E-state index in [2.05, 4.69) is 22.3 Å². The predicted molar refractivity (Wildman–Crippen MR) is 31.8 cm³/mol. The highest BCUT2D eigenvalue weighted by molar-refractivity contribution is 7.80. The molecule has 0 heterocycles. The fraction of sp³-hybridized carbons (Fsp3) is 0.667. The normalized spacial score (nSPS) is 7.71. The van der Waals surface area contributed by atoms with Crippen LogP contribution in [-0.4, -0.2) is 19.0 Å². The van der Waals surface area contributed by atoms with E-state index < -0.39 is 0 Å². The summed E-state index contributed by atoms with van der Waals surface area (Å²) in [7, 11) is 1.49. The van der Waals surface area contributed by atoms with Gasteiger partial charge in [-0.2, -0.15) is 0 Å². The lowest BCUT2D eigenvalue weighted by Gasteiger charge is -1.99. The van der Waals surface area contributed by atoms with Gasteiger partial charge in [-0.15, -0.1) is 0 Å². The van der Waals surface area contributed by atoms with Crippen LogP contribution >= 0.6 is 12.2 Å². The summed E-state index contributed by atoms with van der Waals surface area (Å²) in [4.78, 5) is 0. The van der Waals surface area contributed by atoms with Crippen molar-refractivity contribution in [2.75, 3.05) is 13.8 Å². The summed E-state index contributed by atoms with van der Waals surface area (Å²) in [6.45, 7) is 0.326. The second-order valence-corrected chi connectivity index (χ2v) is 1.24. The molecule has 3 nitrogen and oxygen atoms in total. The Morgan fingerprint density at radius 2 is 2.57 bits per heavy atom. The van der Waals surface area contributed by atoms with Gasteiger partial charge in [-0.25, -0.2) is 0 Å². The SMILES string of the molecule is COC(=S)NCN. The summed E-state index contributed by atoms with van der Waals surface area (Å²) in [6, 6.07) is 0. The molecule has 0 spiro atoms. The van der Waals surface area contributed by atoms with E-state index in [1.165, 1.54) is 7.11 Å². The number of thiocarbonyl (C=S) groups is 1. The highest BCUT2D eigenvalue weighted by atomic mass is 32.1. The lowest BCUT2D eigenvalue weighted by Crippen LogP contribution is -2.28. The Kier molecular flexibility index (Phi) is 3.64. The number of methoxy groups -OCH3 is 1. The maximum absolute atomic E-state index is 5.03. The highest BCUT2D eigenvalue weighted by Gasteiger charge is 1.83. The summed E-state index contributed by atoms with van der Waals surface area (Å²) in [5, 5.41) is 2.92. The van der Waals surface area contributed by atoms with Crippen LogP contribution in [0.1, 0.15) is 0 Å². The molecule has 0 atom stereocenters.